The van der Waals surface area contributed by atoms with Gasteiger partial charge in [-0.2, -0.15) is 0 Å². The highest BCUT2D eigenvalue weighted by molar-refractivity contribution is 5.47. The third-order valence-electron chi connectivity index (χ3n) is 18.0. The van der Waals surface area contributed by atoms with E-state index in [1.54, 1.807) is 0 Å². The maximum Gasteiger partial charge on any atom is 0.186 e. The van der Waals surface area contributed by atoms with E-state index in [1.807, 2.05) is 0 Å². The molecule has 12 atom stereocenters. The maximum atomic E-state index is 11.8. The van der Waals surface area contributed by atoms with Crippen LogP contribution < -0.4 is 0 Å². The smallest absolute Gasteiger partial charge is 0.186 e. The Hall–Kier alpha value is -2.98. The molecule has 100 heavy (non-hydrogen) atoms. The number of ether oxygens (including phenoxy) is 15. The van der Waals surface area contributed by atoms with Crippen molar-refractivity contribution in [2.75, 3.05) is 106 Å². The summed E-state index contributed by atoms with van der Waals surface area (Å²) >= 11 is 0. The van der Waals surface area contributed by atoms with E-state index in [0.29, 0.717) is 92.3 Å². The average Bonchev–Trinajstić information content (AvgIpc) is 0.757. The van der Waals surface area contributed by atoms with Gasteiger partial charge in [0.2, 0.25) is 0 Å². The van der Waals surface area contributed by atoms with Crippen molar-refractivity contribution >= 4 is 0 Å². The summed E-state index contributed by atoms with van der Waals surface area (Å²) in [5.74, 6) is 0. The van der Waals surface area contributed by atoms with Crippen molar-refractivity contribution in [2.24, 2.45) is 0 Å². The van der Waals surface area contributed by atoms with Gasteiger partial charge in [0.05, 0.1) is 25.9 Å². The Kier molecular flexibility index (Phi) is 55.8. The van der Waals surface area contributed by atoms with Gasteiger partial charge in [-0.3, -0.25) is 0 Å². The highest BCUT2D eigenvalue weighted by atomic mass is 16.7. The molecule has 0 aliphatic rings. The van der Waals surface area contributed by atoms with Gasteiger partial charge < -0.3 is 76.2 Å². The fraction of sp³-hybridized carbons (Fsp3) is 0.786. The topological polar surface area (TPSA) is 159 Å². The van der Waals surface area contributed by atoms with Gasteiger partial charge in [-0.25, -0.2) is 0 Å². The Morgan fingerprint density at radius 1 is 0.260 bits per heavy atom. The second-order valence-corrected chi connectivity index (χ2v) is 26.7. The second-order valence-electron chi connectivity index (χ2n) is 26.7. The van der Waals surface area contributed by atoms with E-state index in [4.69, 9.17) is 71.1 Å². The quantitative estimate of drug-likeness (QED) is 0.0323. The molecule has 0 bridgehead atoms. The van der Waals surface area contributed by atoms with E-state index < -0.39 is 79.2 Å². The van der Waals surface area contributed by atoms with Crippen LogP contribution >= 0.6 is 0 Å². The fourth-order valence-electron chi connectivity index (χ4n) is 11.7. The molecule has 3 aromatic rings. The van der Waals surface area contributed by atoms with Crippen LogP contribution in [0.5, 0.6) is 0 Å². The number of aliphatic hydroxyl groups excluding tert-OH is 1. The van der Waals surface area contributed by atoms with Crippen molar-refractivity contribution in [3.63, 3.8) is 0 Å². The zero-order chi connectivity index (χ0) is 72.4. The summed E-state index contributed by atoms with van der Waals surface area (Å²) in [7, 11) is 0. The molecule has 0 spiro atoms. The molecule has 16 heteroatoms. The van der Waals surface area contributed by atoms with Gasteiger partial charge in [-0.1, -0.05) is 251 Å². The summed E-state index contributed by atoms with van der Waals surface area (Å²) in [6.07, 6.45) is 13.1. The highest BCUT2D eigenvalue weighted by Crippen LogP contribution is 2.41. The number of rotatable bonds is 71. The third-order valence-corrected chi connectivity index (χ3v) is 18.0. The van der Waals surface area contributed by atoms with Gasteiger partial charge in [0, 0.05) is 85.9 Å². The standard InChI is InChI=1S/C84H146O16/c1-13-25-53-87-72(52-65-86-66-73(88-54-26-14-2)79(94-60-32-20-8)80(95-61-33-21-9)82(85)97-63-35-23-11)76(91-57-29-17-5)81(96-62-34-22-10)83(98-64-36-24-12)99-67-74(89-55-27-15-3)77(92-58-30-18-6)78(93-59-31-19-7)75(90-56-28-16-4)68-100-84(69-46-40-37-41-47-69,70-48-42-38-43-49-70)71-50-44-39-45-51-71/h37-51,72-83,85H,13-36,52-68H2,1-12H3/t72-,73+,74+,75+,76-,77+,78+,79+,80-,81+,82-,83-/m0/s1. The van der Waals surface area contributed by atoms with Gasteiger partial charge in [-0.15, -0.1) is 0 Å². The Morgan fingerprint density at radius 3 is 0.890 bits per heavy atom. The predicted molar refractivity (Wildman–Crippen MR) is 405 cm³/mol. The number of aliphatic hydroxyl groups is 1. The monoisotopic (exact) mass is 1410 g/mol. The summed E-state index contributed by atoms with van der Waals surface area (Å²) < 4.78 is 105. The normalized spacial score (nSPS) is 15.8. The van der Waals surface area contributed by atoms with Gasteiger partial charge in [0.15, 0.2) is 12.6 Å². The summed E-state index contributed by atoms with van der Waals surface area (Å²) in [5.41, 5.74) is 1.98. The Labute approximate surface area is 609 Å². The van der Waals surface area contributed by atoms with Crippen molar-refractivity contribution < 1.29 is 76.2 Å². The molecule has 1 N–H and O–H groups in total. The minimum absolute atomic E-state index is 0.0810. The minimum atomic E-state index is -1.21. The van der Waals surface area contributed by atoms with Crippen molar-refractivity contribution in [3.05, 3.63) is 108 Å². The molecular weight excluding hydrogens is 1260 g/mol. The van der Waals surface area contributed by atoms with Crippen LogP contribution in [0, 0.1) is 0 Å². The molecule has 0 aliphatic heterocycles. The zero-order valence-electron chi connectivity index (χ0n) is 65.2. The van der Waals surface area contributed by atoms with Crippen LogP contribution in [-0.2, 0) is 76.7 Å². The molecule has 0 heterocycles. The molecule has 3 rings (SSSR count). The van der Waals surface area contributed by atoms with Crippen molar-refractivity contribution in [1.29, 1.82) is 0 Å². The minimum Gasteiger partial charge on any atom is -0.379 e. The van der Waals surface area contributed by atoms with E-state index in [2.05, 4.69) is 174 Å². The van der Waals surface area contributed by atoms with Crippen molar-refractivity contribution in [3.8, 4) is 0 Å². The molecule has 0 amide bonds. The summed E-state index contributed by atoms with van der Waals surface area (Å²) in [4.78, 5) is 0. The van der Waals surface area contributed by atoms with Crippen LogP contribution in [0.15, 0.2) is 91.0 Å². The zero-order valence-corrected chi connectivity index (χ0v) is 65.2. The first-order chi connectivity index (χ1) is 49.2. The molecule has 16 nitrogen and oxygen atoms in total. The largest absolute Gasteiger partial charge is 0.379 e. The Bertz CT molecular complexity index is 2120. The first kappa shape index (κ1) is 91.2. The SMILES string of the molecule is CCCCO[C@@H](OC[C@@H](OCCCC)[C@@H](OCCCC)[C@H](OCCCC)[C@@H](COC(c1ccccc1)(c1ccccc1)c1ccccc1)OCCCC)[C@H](OCCCC)[C@@H](OCCCC)[C@H](CCOC[C@@H](OCCCC)[C@@H](OCCCC)[C@H](OCCCC)[C@@H](O)OCCCC)OCCCC. The lowest BCUT2D eigenvalue weighted by Crippen LogP contribution is -2.55. The summed E-state index contributed by atoms with van der Waals surface area (Å²) in [5, 5.41) is 11.8. The van der Waals surface area contributed by atoms with Crippen LogP contribution in [0.25, 0.3) is 0 Å². The molecule has 3 aromatic carbocycles. The summed E-state index contributed by atoms with van der Waals surface area (Å²) in [6, 6.07) is 31.6. The molecule has 0 fully saturated rings. The number of hydrogen-bond donors (Lipinski definition) is 1. The Balaban J connectivity index is 2.30. The molecule has 0 saturated heterocycles. The maximum absolute atomic E-state index is 11.8. The number of unbranched alkanes of at least 4 members (excludes halogenated alkanes) is 12. The second kappa shape index (κ2) is 61.2. The summed E-state index contributed by atoms with van der Waals surface area (Å²) in [6.45, 7) is 32.4. The van der Waals surface area contributed by atoms with Crippen LogP contribution in [0.3, 0.4) is 0 Å². The van der Waals surface area contributed by atoms with Crippen LogP contribution in [0.2, 0.25) is 0 Å². The van der Waals surface area contributed by atoms with E-state index in [1.165, 1.54) is 0 Å². The van der Waals surface area contributed by atoms with E-state index in [-0.39, 0.29) is 19.8 Å². The van der Waals surface area contributed by atoms with Gasteiger partial charge >= 0.3 is 0 Å². The van der Waals surface area contributed by atoms with Gasteiger partial charge in [0.25, 0.3) is 0 Å². The lowest BCUT2D eigenvalue weighted by atomic mass is 9.80. The first-order valence-corrected chi connectivity index (χ1v) is 40.2. The van der Waals surface area contributed by atoms with Gasteiger partial charge in [0.1, 0.15) is 60.5 Å². The van der Waals surface area contributed by atoms with Crippen molar-refractivity contribution in [1.82, 2.24) is 0 Å². The fourth-order valence-corrected chi connectivity index (χ4v) is 11.7. The molecule has 0 radical (unpaired) electrons. The van der Waals surface area contributed by atoms with E-state index in [0.717, 1.165) is 171 Å². The molecule has 0 aliphatic carbocycles. The van der Waals surface area contributed by atoms with E-state index >= 15 is 0 Å². The van der Waals surface area contributed by atoms with Crippen molar-refractivity contribution in [2.45, 2.75) is 323 Å². The van der Waals surface area contributed by atoms with E-state index in [9.17, 15) is 5.11 Å². The Morgan fingerprint density at radius 2 is 0.530 bits per heavy atom. The van der Waals surface area contributed by atoms with Gasteiger partial charge in [-0.05, 0) is 100 Å². The first-order valence-electron chi connectivity index (χ1n) is 40.2. The highest BCUT2D eigenvalue weighted by Gasteiger charge is 2.45. The number of hydrogen-bond acceptors (Lipinski definition) is 16. The van der Waals surface area contributed by atoms with Crippen LogP contribution in [0.4, 0.5) is 0 Å². The molecule has 578 valence electrons. The molecule has 0 saturated carbocycles. The number of benzene rings is 3. The molecule has 0 unspecified atom stereocenters. The molecule has 0 aromatic heterocycles. The van der Waals surface area contributed by atoms with Crippen LogP contribution in [0.1, 0.15) is 260 Å². The molecular formula is C84H146O16. The average molecular weight is 1410 g/mol. The van der Waals surface area contributed by atoms with Crippen LogP contribution in [-0.4, -0.2) is 184 Å². The third kappa shape index (κ3) is 35.9. The predicted octanol–water partition coefficient (Wildman–Crippen LogP) is 18.5. The lowest BCUT2D eigenvalue weighted by molar-refractivity contribution is -0.267. The lowest BCUT2D eigenvalue weighted by Gasteiger charge is -2.41.